The van der Waals surface area contributed by atoms with Gasteiger partial charge in [0.05, 0.1) is 16.3 Å². The third-order valence-electron chi connectivity index (χ3n) is 6.88. The Hall–Kier alpha value is -2.43. The maximum atomic E-state index is 13.1. The minimum atomic E-state index is -0.703. The van der Waals surface area contributed by atoms with E-state index < -0.39 is 12.1 Å². The lowest BCUT2D eigenvalue weighted by Gasteiger charge is -2.34. The SMILES string of the molecule is CC1(C)COC(=O)[C@@H]2CCCN(N2)C(=O)[C@@H](N)Cc2cccc(c2)-c2ccc3[nH]c(I)c(c3c2)C1. The van der Waals surface area contributed by atoms with Crippen LogP contribution in [0.15, 0.2) is 42.5 Å². The first-order valence-corrected chi connectivity index (χ1v) is 13.2. The number of carbonyl (C=O) groups excluding carboxylic acids is 2. The van der Waals surface area contributed by atoms with Crippen molar-refractivity contribution in [2.24, 2.45) is 11.1 Å². The molecule has 0 radical (unpaired) electrons. The second-order valence-electron chi connectivity index (χ2n) is 10.5. The summed E-state index contributed by atoms with van der Waals surface area (Å²) in [6.07, 6.45) is 2.53. The van der Waals surface area contributed by atoms with Crippen molar-refractivity contribution < 1.29 is 14.3 Å². The molecule has 7 nitrogen and oxygen atoms in total. The van der Waals surface area contributed by atoms with Crippen LogP contribution in [-0.2, 0) is 27.2 Å². The highest BCUT2D eigenvalue weighted by Gasteiger charge is 2.33. The summed E-state index contributed by atoms with van der Waals surface area (Å²) in [4.78, 5) is 29.5. The molecule has 1 aromatic heterocycles. The molecule has 35 heavy (non-hydrogen) atoms. The number of cyclic esters (lactones) is 1. The number of rotatable bonds is 0. The van der Waals surface area contributed by atoms with Crippen molar-refractivity contribution >= 4 is 45.4 Å². The largest absolute Gasteiger partial charge is 0.464 e. The Morgan fingerprint density at radius 2 is 1.94 bits per heavy atom. The van der Waals surface area contributed by atoms with Gasteiger partial charge in [0.15, 0.2) is 0 Å². The summed E-state index contributed by atoms with van der Waals surface area (Å²) in [6, 6.07) is 13.4. The smallest absolute Gasteiger partial charge is 0.324 e. The minimum absolute atomic E-state index is 0.206. The molecule has 184 valence electrons. The number of esters is 1. The summed E-state index contributed by atoms with van der Waals surface area (Å²) in [5.74, 6) is -0.531. The number of ether oxygens (including phenoxy) is 1. The standard InChI is InChI=1S/C27H31IN4O3/c1-27(2)14-20-19-13-18(8-9-22(19)30-24(20)28)17-6-3-5-16(11-17)12-21(29)25(33)32-10-4-7-23(31-32)26(34)35-15-27/h3,5-6,8-9,11,13,21,23,30-31H,4,7,10,12,14-15,29H2,1-2H3/t21-,23-/m0/s1. The van der Waals surface area contributed by atoms with Crippen LogP contribution in [-0.4, -0.2) is 47.1 Å². The van der Waals surface area contributed by atoms with Crippen molar-refractivity contribution in [3.8, 4) is 11.1 Å². The highest BCUT2D eigenvalue weighted by molar-refractivity contribution is 14.1. The van der Waals surface area contributed by atoms with Crippen LogP contribution < -0.4 is 11.2 Å². The van der Waals surface area contributed by atoms with Crippen molar-refractivity contribution in [3.63, 3.8) is 0 Å². The average molecular weight is 586 g/mol. The second kappa shape index (κ2) is 9.55. The molecule has 8 heteroatoms. The van der Waals surface area contributed by atoms with Gasteiger partial charge in [-0.1, -0.05) is 44.2 Å². The predicted molar refractivity (Wildman–Crippen MR) is 144 cm³/mol. The van der Waals surface area contributed by atoms with Gasteiger partial charge in [0.25, 0.3) is 5.91 Å². The molecule has 0 saturated carbocycles. The molecule has 2 aliphatic heterocycles. The van der Waals surface area contributed by atoms with Gasteiger partial charge < -0.3 is 15.5 Å². The van der Waals surface area contributed by atoms with Crippen LogP contribution in [0.1, 0.15) is 37.8 Å². The molecule has 0 spiro atoms. The summed E-state index contributed by atoms with van der Waals surface area (Å²) >= 11 is 2.36. The molecule has 1 fully saturated rings. The van der Waals surface area contributed by atoms with Crippen molar-refractivity contribution in [1.82, 2.24) is 15.4 Å². The Kier molecular flexibility index (Phi) is 6.63. The van der Waals surface area contributed by atoms with E-state index in [2.05, 4.69) is 77.2 Å². The van der Waals surface area contributed by atoms with E-state index in [0.29, 0.717) is 26.0 Å². The number of aromatic amines is 1. The molecule has 0 aliphatic carbocycles. The average Bonchev–Trinajstić information content (AvgIpc) is 3.15. The molecule has 3 heterocycles. The van der Waals surface area contributed by atoms with E-state index in [9.17, 15) is 9.59 Å². The maximum Gasteiger partial charge on any atom is 0.324 e. The van der Waals surface area contributed by atoms with Crippen molar-refractivity contribution in [3.05, 3.63) is 57.3 Å². The highest BCUT2D eigenvalue weighted by atomic mass is 127. The van der Waals surface area contributed by atoms with E-state index in [1.807, 2.05) is 12.1 Å². The van der Waals surface area contributed by atoms with E-state index in [-0.39, 0.29) is 17.3 Å². The third-order valence-corrected chi connectivity index (χ3v) is 7.81. The Morgan fingerprint density at radius 3 is 2.77 bits per heavy atom. The summed E-state index contributed by atoms with van der Waals surface area (Å²) in [5.41, 5.74) is 14.7. The van der Waals surface area contributed by atoms with Gasteiger partial charge in [-0.25, -0.2) is 5.43 Å². The number of nitrogens with one attached hydrogen (secondary N) is 2. The van der Waals surface area contributed by atoms with Crippen molar-refractivity contribution in [2.75, 3.05) is 13.2 Å². The van der Waals surface area contributed by atoms with E-state index in [4.69, 9.17) is 10.5 Å². The van der Waals surface area contributed by atoms with Crippen molar-refractivity contribution in [2.45, 2.75) is 51.6 Å². The quantitative estimate of drug-likeness (QED) is 0.274. The van der Waals surface area contributed by atoms with E-state index in [1.165, 1.54) is 16.0 Å². The van der Waals surface area contributed by atoms with Crippen LogP contribution in [0, 0.1) is 9.12 Å². The Labute approximate surface area is 218 Å². The van der Waals surface area contributed by atoms with Gasteiger partial charge in [0, 0.05) is 22.9 Å². The van der Waals surface area contributed by atoms with Gasteiger partial charge in [-0.15, -0.1) is 0 Å². The number of benzene rings is 2. The lowest BCUT2D eigenvalue weighted by atomic mass is 9.86. The molecule has 2 aromatic carbocycles. The van der Waals surface area contributed by atoms with E-state index >= 15 is 0 Å². The number of hydrogen-bond donors (Lipinski definition) is 3. The zero-order valence-electron chi connectivity index (χ0n) is 20.1. The van der Waals surface area contributed by atoms with Crippen LogP contribution in [0.5, 0.6) is 0 Å². The molecule has 3 aromatic rings. The molecular formula is C27H31IN4O3. The van der Waals surface area contributed by atoms with Crippen molar-refractivity contribution in [1.29, 1.82) is 0 Å². The number of amides is 1. The lowest BCUT2D eigenvalue weighted by Crippen LogP contribution is -2.59. The summed E-state index contributed by atoms with van der Waals surface area (Å²) < 4.78 is 6.87. The molecule has 4 N–H and O–H groups in total. The number of hydrazine groups is 1. The molecular weight excluding hydrogens is 555 g/mol. The number of H-pyrrole nitrogens is 1. The van der Waals surface area contributed by atoms with Crippen LogP contribution in [0.25, 0.3) is 22.0 Å². The maximum absolute atomic E-state index is 13.1. The normalized spacial score (nSPS) is 23.1. The van der Waals surface area contributed by atoms with Crippen LogP contribution in [0.2, 0.25) is 0 Å². The van der Waals surface area contributed by atoms with Gasteiger partial charge >= 0.3 is 5.97 Å². The molecule has 1 saturated heterocycles. The number of nitrogens with zero attached hydrogens (tertiary/aromatic N) is 1. The summed E-state index contributed by atoms with van der Waals surface area (Å²) in [5, 5.41) is 2.68. The fourth-order valence-corrected chi connectivity index (χ4v) is 5.77. The number of halogens is 1. The zero-order valence-corrected chi connectivity index (χ0v) is 22.2. The van der Waals surface area contributed by atoms with Gasteiger partial charge in [-0.3, -0.25) is 14.6 Å². The minimum Gasteiger partial charge on any atom is -0.464 e. The molecule has 0 unspecified atom stereocenters. The number of carbonyl (C=O) groups is 2. The third kappa shape index (κ3) is 5.10. The fraction of sp³-hybridized carbons (Fsp3) is 0.407. The fourth-order valence-electron chi connectivity index (χ4n) is 5.00. The molecule has 5 rings (SSSR count). The van der Waals surface area contributed by atoms with Gasteiger partial charge in [-0.2, -0.15) is 0 Å². The predicted octanol–water partition coefficient (Wildman–Crippen LogP) is 3.93. The first-order chi connectivity index (χ1) is 16.7. The summed E-state index contributed by atoms with van der Waals surface area (Å²) in [7, 11) is 0. The Balaban J connectivity index is 1.57. The first-order valence-electron chi connectivity index (χ1n) is 12.1. The van der Waals surface area contributed by atoms with Crippen LogP contribution in [0.4, 0.5) is 0 Å². The van der Waals surface area contributed by atoms with E-state index in [1.54, 1.807) is 0 Å². The van der Waals surface area contributed by atoms with Crippen LogP contribution in [0.3, 0.4) is 0 Å². The van der Waals surface area contributed by atoms with Gasteiger partial charge in [0.2, 0.25) is 0 Å². The Bertz CT molecular complexity index is 1280. The highest BCUT2D eigenvalue weighted by Crippen LogP contribution is 2.34. The number of nitrogens with two attached hydrogens (primary N) is 1. The molecule has 6 bridgehead atoms. The molecule has 1 amide bonds. The Morgan fingerprint density at radius 1 is 1.14 bits per heavy atom. The lowest BCUT2D eigenvalue weighted by molar-refractivity contribution is -0.154. The number of fused-ring (bicyclic) bond motifs is 6. The van der Waals surface area contributed by atoms with E-state index in [0.717, 1.165) is 38.7 Å². The monoisotopic (exact) mass is 586 g/mol. The zero-order chi connectivity index (χ0) is 24.7. The van der Waals surface area contributed by atoms with Crippen LogP contribution >= 0.6 is 22.6 Å². The van der Waals surface area contributed by atoms with Gasteiger partial charge in [0.1, 0.15) is 6.04 Å². The topological polar surface area (TPSA) is 100 Å². The first kappa shape index (κ1) is 24.3. The number of aromatic nitrogens is 1. The number of hydrogen-bond acceptors (Lipinski definition) is 5. The van der Waals surface area contributed by atoms with Gasteiger partial charge in [-0.05, 0) is 82.7 Å². The molecule has 2 aliphatic rings. The summed E-state index contributed by atoms with van der Waals surface area (Å²) in [6.45, 7) is 5.05. The second-order valence-corrected chi connectivity index (χ2v) is 11.5. The molecule has 2 atom stereocenters.